The van der Waals surface area contributed by atoms with E-state index in [1.807, 2.05) is 0 Å². The number of hydrogen-bond acceptors (Lipinski definition) is 21. The molecule has 7 aromatic carbocycles. The van der Waals surface area contributed by atoms with Crippen molar-refractivity contribution in [2.45, 2.75) is 28.5 Å². The van der Waals surface area contributed by atoms with Crippen LogP contribution in [0.3, 0.4) is 0 Å². The molecule has 0 atom stereocenters. The lowest BCUT2D eigenvalue weighted by molar-refractivity contribution is -0.432. The number of anilines is 1. The van der Waals surface area contributed by atoms with E-state index in [0.29, 0.717) is 85.6 Å². The SMILES string of the molecule is Cc1cc(N=Nc2cc(O)c(N=Nc3c(SOOO)cc4cc(NCOc5ccc(O)cc5)ccc4c3O)cc2C)ccc1N=Nc1ccc2cc(SOOO)cc(S(=O)(=O)O)c2c1. The number of ether oxygens (including phenoxy) is 1. The zero-order valence-electron chi connectivity index (χ0n) is 33.0. The lowest BCUT2D eigenvalue weighted by Gasteiger charge is -2.12. The molecular weight excluding hydrogens is 895 g/mol. The molecule has 0 aliphatic carbocycles. The van der Waals surface area contributed by atoms with Crippen molar-refractivity contribution in [1.82, 2.24) is 0 Å². The topological polar surface area (TPSA) is 288 Å². The Morgan fingerprint density at radius 3 is 2.05 bits per heavy atom. The summed E-state index contributed by atoms with van der Waals surface area (Å²) >= 11 is 1.10. The number of fused-ring (bicyclic) bond motifs is 2. The number of phenolic OH excluding ortho intramolecular Hbond substituents is 3. The van der Waals surface area contributed by atoms with Crippen molar-refractivity contribution in [2.24, 2.45) is 30.7 Å². The van der Waals surface area contributed by atoms with Crippen LogP contribution in [0.2, 0.25) is 0 Å². The number of nitrogens with one attached hydrogen (secondary N) is 1. The van der Waals surface area contributed by atoms with Crippen LogP contribution in [0.4, 0.5) is 39.8 Å². The molecular formula is C41H33N7O13S3. The zero-order chi connectivity index (χ0) is 45.4. The standard InChI is InChI=1S/C41H33N7O13S3/c1-22-13-27(6-12-34(22)45-44-28-4-3-24-16-31(62-60-58-52)19-39(33(24)18-28)64(54,55)56)43-46-35-20-37(50)36(14-23(35)2)47-48-40-38(63-61-59-53)17-25-15-26(5-11-32(25)41(40)51)42-21-57-30-9-7-29(49)8-10-30/h3-20,42,49-53H,21H2,1-2H3,(H,54,55,56). The minimum atomic E-state index is -4.66. The molecule has 0 heterocycles. The monoisotopic (exact) mass is 927 g/mol. The molecule has 20 nitrogen and oxygen atoms in total. The second kappa shape index (κ2) is 20.2. The largest absolute Gasteiger partial charge is 0.508 e. The van der Waals surface area contributed by atoms with Gasteiger partial charge in [0, 0.05) is 27.4 Å². The summed E-state index contributed by atoms with van der Waals surface area (Å²) in [6.07, 6.45) is 0. The van der Waals surface area contributed by atoms with E-state index in [1.165, 1.54) is 30.3 Å². The van der Waals surface area contributed by atoms with Gasteiger partial charge < -0.3 is 25.4 Å². The summed E-state index contributed by atoms with van der Waals surface area (Å²) in [5, 5.41) is 86.5. The predicted octanol–water partition coefficient (Wildman–Crippen LogP) is 12.5. The Morgan fingerprint density at radius 1 is 0.625 bits per heavy atom. The van der Waals surface area contributed by atoms with Gasteiger partial charge in [-0.3, -0.25) is 4.55 Å². The van der Waals surface area contributed by atoms with Crippen molar-refractivity contribution in [1.29, 1.82) is 0 Å². The molecule has 0 fully saturated rings. The smallest absolute Gasteiger partial charge is 0.295 e. The number of rotatable bonds is 17. The number of aryl methyl sites for hydroxylation is 2. The molecule has 0 saturated carbocycles. The van der Waals surface area contributed by atoms with Gasteiger partial charge in [0.2, 0.25) is 0 Å². The van der Waals surface area contributed by atoms with Gasteiger partial charge in [-0.1, -0.05) is 16.1 Å². The molecule has 0 aromatic heterocycles. The molecule has 0 saturated heterocycles. The summed E-state index contributed by atoms with van der Waals surface area (Å²) in [4.78, 5) is 0.0422. The van der Waals surface area contributed by atoms with Crippen molar-refractivity contribution in [2.75, 3.05) is 12.0 Å². The lowest BCUT2D eigenvalue weighted by Crippen LogP contribution is -2.08. The fourth-order valence-electron chi connectivity index (χ4n) is 6.08. The van der Waals surface area contributed by atoms with E-state index >= 15 is 0 Å². The summed E-state index contributed by atoms with van der Waals surface area (Å²) in [7, 11) is -4.66. The van der Waals surface area contributed by atoms with Crippen LogP contribution in [0.25, 0.3) is 21.5 Å². The van der Waals surface area contributed by atoms with Crippen LogP contribution in [0.1, 0.15) is 11.1 Å². The molecule has 23 heteroatoms. The first-order valence-corrected chi connectivity index (χ1v) is 21.2. The Labute approximate surface area is 371 Å². The molecule has 0 radical (unpaired) electrons. The van der Waals surface area contributed by atoms with Gasteiger partial charge in [-0.25, -0.2) is 10.5 Å². The Balaban J connectivity index is 1.05. The highest BCUT2D eigenvalue weighted by Crippen LogP contribution is 2.45. The van der Waals surface area contributed by atoms with Crippen molar-refractivity contribution in [3.63, 3.8) is 0 Å². The summed E-state index contributed by atoms with van der Waals surface area (Å²) < 4.78 is 48.9. The van der Waals surface area contributed by atoms with E-state index in [1.54, 1.807) is 86.6 Å². The molecule has 7 aromatic rings. The van der Waals surface area contributed by atoms with E-state index in [2.05, 4.69) is 54.7 Å². The minimum Gasteiger partial charge on any atom is -0.508 e. The van der Waals surface area contributed by atoms with Crippen LogP contribution in [-0.4, -0.2) is 45.5 Å². The Kier molecular flexibility index (Phi) is 14.3. The number of azo groups is 3. The maximum absolute atomic E-state index is 12.2. The predicted molar refractivity (Wildman–Crippen MR) is 234 cm³/mol. The van der Waals surface area contributed by atoms with E-state index in [4.69, 9.17) is 15.3 Å². The van der Waals surface area contributed by atoms with Crippen LogP contribution in [0.15, 0.2) is 155 Å². The molecule has 0 spiro atoms. The van der Waals surface area contributed by atoms with Gasteiger partial charge in [-0.05, 0) is 133 Å². The first-order valence-electron chi connectivity index (χ1n) is 18.3. The second-order valence-electron chi connectivity index (χ2n) is 13.4. The van der Waals surface area contributed by atoms with E-state index in [9.17, 15) is 28.3 Å². The maximum atomic E-state index is 12.2. The summed E-state index contributed by atoms with van der Waals surface area (Å²) in [6, 6.07) is 28.3. The average Bonchev–Trinajstić information content (AvgIpc) is 3.27. The highest BCUT2D eigenvalue weighted by Gasteiger charge is 2.19. The molecule has 7 rings (SSSR count). The fourth-order valence-corrected chi connectivity index (χ4v) is 7.83. The van der Waals surface area contributed by atoms with Crippen molar-refractivity contribution >= 4 is 95.6 Å². The number of nitrogens with zero attached hydrogens (tertiary/aromatic N) is 6. The Hall–Kier alpha value is -6.77. The Morgan fingerprint density at radius 2 is 1.31 bits per heavy atom. The van der Waals surface area contributed by atoms with Gasteiger partial charge in [0.1, 0.15) is 33.5 Å². The zero-order valence-corrected chi connectivity index (χ0v) is 35.5. The average molecular weight is 928 g/mol. The maximum Gasteiger partial charge on any atom is 0.295 e. The van der Waals surface area contributed by atoms with Gasteiger partial charge in [0.05, 0.1) is 51.7 Å². The number of benzene rings is 7. The van der Waals surface area contributed by atoms with Crippen LogP contribution < -0.4 is 10.1 Å². The molecule has 0 unspecified atom stereocenters. The fraction of sp³-hybridized carbons (Fsp3) is 0.0732. The molecule has 328 valence electrons. The van der Waals surface area contributed by atoms with Crippen LogP contribution >= 0.6 is 24.1 Å². The third kappa shape index (κ3) is 11.1. The molecule has 0 aliphatic rings. The summed E-state index contributed by atoms with van der Waals surface area (Å²) in [5.74, 6) is 0.116. The van der Waals surface area contributed by atoms with E-state index < -0.39 is 15.0 Å². The Bertz CT molecular complexity index is 3070. The van der Waals surface area contributed by atoms with Crippen LogP contribution in [-0.2, 0) is 28.9 Å². The van der Waals surface area contributed by atoms with Gasteiger partial charge >= 0.3 is 0 Å². The van der Waals surface area contributed by atoms with Gasteiger partial charge in [-0.15, -0.1) is 18.9 Å². The van der Waals surface area contributed by atoms with Gasteiger partial charge in [0.15, 0.2) is 12.5 Å². The van der Waals surface area contributed by atoms with E-state index in [0.717, 1.165) is 6.07 Å². The highest BCUT2D eigenvalue weighted by molar-refractivity contribution is 7.95. The van der Waals surface area contributed by atoms with Crippen molar-refractivity contribution in [3.05, 3.63) is 120 Å². The number of aromatic hydroxyl groups is 3. The summed E-state index contributed by atoms with van der Waals surface area (Å²) in [5.41, 5.74) is 3.50. The molecule has 0 aliphatic heterocycles. The van der Waals surface area contributed by atoms with Crippen molar-refractivity contribution < 1.29 is 62.3 Å². The number of hydrogen-bond donors (Lipinski definition) is 7. The van der Waals surface area contributed by atoms with E-state index in [-0.39, 0.29) is 50.5 Å². The molecule has 0 amide bonds. The quantitative estimate of drug-likeness (QED) is 0.0112. The molecule has 7 N–H and O–H groups in total. The summed E-state index contributed by atoms with van der Waals surface area (Å²) in [6.45, 7) is 3.62. The third-order valence-corrected chi connectivity index (χ3v) is 11.2. The van der Waals surface area contributed by atoms with Gasteiger partial charge in [-0.2, -0.15) is 28.9 Å². The second-order valence-corrected chi connectivity index (χ2v) is 16.3. The van der Waals surface area contributed by atoms with Crippen LogP contribution in [0.5, 0.6) is 23.0 Å². The minimum absolute atomic E-state index is 0.0376. The molecule has 64 heavy (non-hydrogen) atoms. The first kappa shape index (κ1) is 45.3. The van der Waals surface area contributed by atoms with Gasteiger partial charge in [0.25, 0.3) is 10.1 Å². The first-order chi connectivity index (χ1) is 30.8. The normalized spacial score (nSPS) is 12.1. The van der Waals surface area contributed by atoms with Crippen LogP contribution in [0, 0.1) is 13.8 Å². The molecule has 0 bridgehead atoms. The highest BCUT2D eigenvalue weighted by atomic mass is 32.2. The van der Waals surface area contributed by atoms with Crippen molar-refractivity contribution in [3.8, 4) is 23.0 Å². The third-order valence-electron chi connectivity index (χ3n) is 9.15. The number of phenols is 3. The lowest BCUT2D eigenvalue weighted by atomic mass is 10.1.